The molecule has 1 aromatic rings. The van der Waals surface area contributed by atoms with Crippen molar-refractivity contribution in [2.24, 2.45) is 0 Å². The van der Waals surface area contributed by atoms with Gasteiger partial charge in [-0.1, -0.05) is 0 Å². The van der Waals surface area contributed by atoms with Crippen molar-refractivity contribution in [2.45, 2.75) is 19.1 Å². The lowest BCUT2D eigenvalue weighted by Crippen LogP contribution is -2.29. The molecule has 0 fully saturated rings. The van der Waals surface area contributed by atoms with Crippen LogP contribution < -0.4 is 4.74 Å². The lowest BCUT2D eigenvalue weighted by Gasteiger charge is -2.18. The average Bonchev–Trinajstić information content (AvgIpc) is 2.41. The van der Waals surface area contributed by atoms with E-state index in [4.69, 9.17) is 4.74 Å². The van der Waals surface area contributed by atoms with Crippen molar-refractivity contribution in [1.82, 2.24) is 0 Å². The molecule has 2 atom stereocenters. The summed E-state index contributed by atoms with van der Waals surface area (Å²) < 4.78 is 9.81. The quantitative estimate of drug-likeness (QED) is 0.698. The van der Waals surface area contributed by atoms with Gasteiger partial charge in [0.15, 0.2) is 17.6 Å². The number of carbonyl (C=O) groups excluding carboxylic acids is 1. The highest BCUT2D eigenvalue weighted by Gasteiger charge is 2.27. The van der Waals surface area contributed by atoms with Crippen molar-refractivity contribution < 1.29 is 29.6 Å². The smallest absolute Gasteiger partial charge is 0.337 e. The second-order valence-corrected chi connectivity index (χ2v) is 4.55. The first kappa shape index (κ1) is 15.7. The minimum Gasteiger partial charge on any atom is -0.503 e. The van der Waals surface area contributed by atoms with Gasteiger partial charge >= 0.3 is 5.97 Å². The van der Waals surface area contributed by atoms with Gasteiger partial charge in [-0.05, 0) is 40.5 Å². The van der Waals surface area contributed by atoms with E-state index in [1.807, 2.05) is 0 Å². The number of benzene rings is 1. The summed E-state index contributed by atoms with van der Waals surface area (Å²) in [6, 6.07) is 2.73. The summed E-state index contributed by atoms with van der Waals surface area (Å²) in [5.41, 5.74) is 0.214. The van der Waals surface area contributed by atoms with E-state index in [1.54, 1.807) is 6.92 Å². The first-order valence-electron chi connectivity index (χ1n) is 5.51. The number of ether oxygens (including phenoxy) is 2. The summed E-state index contributed by atoms with van der Waals surface area (Å²) in [6.07, 6.45) is -3.19. The second-order valence-electron chi connectivity index (χ2n) is 3.70. The summed E-state index contributed by atoms with van der Waals surface area (Å²) in [5, 5.41) is 29.2. The summed E-state index contributed by atoms with van der Waals surface area (Å²) >= 11 is 3.10. The number of carbonyl (C=O) groups is 1. The third-order valence-corrected chi connectivity index (χ3v) is 3.04. The minimum atomic E-state index is -1.71. The molecule has 0 radical (unpaired) electrons. The Morgan fingerprint density at radius 1 is 1.42 bits per heavy atom. The maximum absolute atomic E-state index is 11.2. The summed E-state index contributed by atoms with van der Waals surface area (Å²) in [5.74, 6) is -0.928. The van der Waals surface area contributed by atoms with Crippen molar-refractivity contribution in [3.05, 3.63) is 22.2 Å². The summed E-state index contributed by atoms with van der Waals surface area (Å²) in [4.78, 5) is 11.2. The molecule has 106 valence electrons. The largest absolute Gasteiger partial charge is 0.503 e. The average molecular weight is 335 g/mol. The Kier molecular flexibility index (Phi) is 5.59. The number of rotatable bonds is 5. The number of phenolic OH excluding ortho intramolecular Hbond substituents is 1. The fourth-order valence-electron chi connectivity index (χ4n) is 1.46. The predicted octanol–water partition coefficient (Wildman–Crippen LogP) is 1.12. The summed E-state index contributed by atoms with van der Waals surface area (Å²) in [7, 11) is 1.11. The van der Waals surface area contributed by atoms with Crippen molar-refractivity contribution in [3.63, 3.8) is 0 Å². The molecule has 19 heavy (non-hydrogen) atoms. The molecule has 0 saturated carbocycles. The van der Waals surface area contributed by atoms with Crippen LogP contribution in [0, 0.1) is 0 Å². The van der Waals surface area contributed by atoms with Gasteiger partial charge in [0.1, 0.15) is 6.10 Å². The molecule has 2 unspecified atom stereocenters. The van der Waals surface area contributed by atoms with E-state index in [-0.39, 0.29) is 21.5 Å². The fourth-order valence-corrected chi connectivity index (χ4v) is 1.92. The number of esters is 1. The predicted molar refractivity (Wildman–Crippen MR) is 70.0 cm³/mol. The van der Waals surface area contributed by atoms with Crippen LogP contribution in [-0.4, -0.2) is 41.1 Å². The zero-order valence-electron chi connectivity index (χ0n) is 10.5. The number of aliphatic hydroxyl groups excluding tert-OH is 2. The number of hydrogen-bond acceptors (Lipinski definition) is 6. The van der Waals surface area contributed by atoms with Crippen LogP contribution in [0.15, 0.2) is 16.6 Å². The molecule has 0 spiro atoms. The van der Waals surface area contributed by atoms with Crippen LogP contribution in [0.2, 0.25) is 0 Å². The van der Waals surface area contributed by atoms with Gasteiger partial charge in [-0.3, -0.25) is 0 Å². The number of hydrogen-bond donors (Lipinski definition) is 3. The molecule has 7 heteroatoms. The van der Waals surface area contributed by atoms with Crippen molar-refractivity contribution in [1.29, 1.82) is 0 Å². The van der Waals surface area contributed by atoms with Gasteiger partial charge in [-0.25, -0.2) is 4.79 Å². The number of phenols is 1. The highest BCUT2D eigenvalue weighted by molar-refractivity contribution is 9.10. The molecule has 0 aliphatic carbocycles. The maximum Gasteiger partial charge on any atom is 0.337 e. The first-order chi connectivity index (χ1) is 8.92. The molecule has 0 amide bonds. The zero-order valence-corrected chi connectivity index (χ0v) is 12.0. The van der Waals surface area contributed by atoms with Gasteiger partial charge in [0.25, 0.3) is 0 Å². The van der Waals surface area contributed by atoms with Gasteiger partial charge in [0.05, 0.1) is 18.2 Å². The van der Waals surface area contributed by atoms with E-state index in [2.05, 4.69) is 20.7 Å². The van der Waals surface area contributed by atoms with Crippen LogP contribution in [0.4, 0.5) is 0 Å². The van der Waals surface area contributed by atoms with Crippen LogP contribution in [0.1, 0.15) is 18.6 Å². The van der Waals surface area contributed by atoms with Gasteiger partial charge < -0.3 is 24.8 Å². The molecule has 1 aromatic carbocycles. The Morgan fingerprint density at radius 2 is 2.05 bits per heavy atom. The Morgan fingerprint density at radius 3 is 2.58 bits per heavy atom. The molecular weight excluding hydrogens is 320 g/mol. The third-order valence-electron chi connectivity index (χ3n) is 2.43. The van der Waals surface area contributed by atoms with Crippen molar-refractivity contribution in [2.75, 3.05) is 13.7 Å². The molecule has 0 aliphatic heterocycles. The van der Waals surface area contributed by atoms with Crippen molar-refractivity contribution in [3.8, 4) is 11.5 Å². The zero-order chi connectivity index (χ0) is 14.6. The normalized spacial score (nSPS) is 13.7. The van der Waals surface area contributed by atoms with Crippen LogP contribution in [-0.2, 0) is 9.53 Å². The van der Waals surface area contributed by atoms with Gasteiger partial charge in [0, 0.05) is 0 Å². The molecule has 0 bridgehead atoms. The van der Waals surface area contributed by atoms with E-state index in [1.165, 1.54) is 12.1 Å². The van der Waals surface area contributed by atoms with E-state index in [0.717, 1.165) is 7.11 Å². The number of methoxy groups -OCH3 is 1. The molecule has 0 heterocycles. The molecule has 0 saturated heterocycles. The number of halogens is 1. The Hall–Kier alpha value is -1.31. The Bertz CT molecular complexity index is 462. The molecule has 1 rings (SSSR count). The van der Waals surface area contributed by atoms with E-state index in [9.17, 15) is 20.1 Å². The van der Waals surface area contributed by atoms with Gasteiger partial charge in [-0.15, -0.1) is 0 Å². The van der Waals surface area contributed by atoms with Crippen LogP contribution >= 0.6 is 15.9 Å². The molecular formula is C12H15BrO6. The molecule has 0 aromatic heterocycles. The monoisotopic (exact) mass is 334 g/mol. The summed E-state index contributed by atoms with van der Waals surface area (Å²) in [6.45, 7) is 2.05. The minimum absolute atomic E-state index is 0.120. The number of aliphatic hydroxyl groups is 2. The lowest BCUT2D eigenvalue weighted by molar-refractivity contribution is -0.156. The van der Waals surface area contributed by atoms with Crippen molar-refractivity contribution >= 4 is 21.9 Å². The maximum atomic E-state index is 11.2. The molecule has 6 nitrogen and oxygen atoms in total. The van der Waals surface area contributed by atoms with E-state index in [0.29, 0.717) is 6.61 Å². The third kappa shape index (κ3) is 3.59. The van der Waals surface area contributed by atoms with Crippen LogP contribution in [0.5, 0.6) is 11.5 Å². The Labute approximate surface area is 118 Å². The topological polar surface area (TPSA) is 96.2 Å². The van der Waals surface area contributed by atoms with Gasteiger partial charge in [-0.2, -0.15) is 0 Å². The van der Waals surface area contributed by atoms with Gasteiger partial charge in [0.2, 0.25) is 0 Å². The lowest BCUT2D eigenvalue weighted by atomic mass is 10.0. The number of aromatic hydroxyl groups is 1. The molecule has 0 aliphatic rings. The van der Waals surface area contributed by atoms with Crippen LogP contribution in [0.3, 0.4) is 0 Å². The standard InChI is InChI=1S/C12H15BrO6/c1-3-19-8-5-6(4-7(13)10(8)15)9(14)11(16)12(17)18-2/h4-5,9,11,14-16H,3H2,1-2H3. The second kappa shape index (κ2) is 6.74. The highest BCUT2D eigenvalue weighted by atomic mass is 79.9. The highest BCUT2D eigenvalue weighted by Crippen LogP contribution is 2.37. The van der Waals surface area contributed by atoms with E-state index >= 15 is 0 Å². The van der Waals surface area contributed by atoms with Crippen LogP contribution in [0.25, 0.3) is 0 Å². The SMILES string of the molecule is CCOc1cc(C(O)C(O)C(=O)OC)cc(Br)c1O. The first-order valence-corrected chi connectivity index (χ1v) is 6.30. The van der Waals surface area contributed by atoms with E-state index < -0.39 is 18.2 Å². The Balaban J connectivity index is 3.10. The fraction of sp³-hybridized carbons (Fsp3) is 0.417. The molecule has 3 N–H and O–H groups in total.